The van der Waals surface area contributed by atoms with E-state index in [4.69, 9.17) is 4.42 Å². The van der Waals surface area contributed by atoms with E-state index in [9.17, 15) is 4.79 Å². The Balaban J connectivity index is 1.60. The third-order valence-corrected chi connectivity index (χ3v) is 5.59. The minimum atomic E-state index is 0.0124. The number of amides is 1. The molecule has 2 fully saturated rings. The third kappa shape index (κ3) is 3.23. The molecule has 1 atom stereocenters. The van der Waals surface area contributed by atoms with Crippen molar-refractivity contribution in [2.24, 2.45) is 0 Å². The number of hydrogen-bond donors (Lipinski definition) is 0. The van der Waals surface area contributed by atoms with Gasteiger partial charge in [-0.15, -0.1) is 0 Å². The SMILES string of the molecule is O=C(c1ccc(Br)o1)N1CCCN(C2CCSC2)CC1. The molecule has 0 aromatic carbocycles. The van der Waals surface area contributed by atoms with Gasteiger partial charge < -0.3 is 9.32 Å². The largest absolute Gasteiger partial charge is 0.444 e. The first-order valence-electron chi connectivity index (χ1n) is 7.10. The lowest BCUT2D eigenvalue weighted by atomic mass is 10.2. The van der Waals surface area contributed by atoms with Crippen LogP contribution in [0.15, 0.2) is 21.2 Å². The highest BCUT2D eigenvalue weighted by atomic mass is 79.9. The summed E-state index contributed by atoms with van der Waals surface area (Å²) < 4.78 is 5.99. The number of furan rings is 1. The maximum atomic E-state index is 12.4. The lowest BCUT2D eigenvalue weighted by Gasteiger charge is -2.26. The Morgan fingerprint density at radius 3 is 2.90 bits per heavy atom. The highest BCUT2D eigenvalue weighted by molar-refractivity contribution is 9.10. The molecule has 1 unspecified atom stereocenters. The standard InChI is InChI=1S/C14H19BrN2O2S/c15-13-3-2-12(19-13)14(18)17-6-1-5-16(7-8-17)11-4-9-20-10-11/h2-3,11H,1,4-10H2. The highest BCUT2D eigenvalue weighted by Crippen LogP contribution is 2.24. The summed E-state index contributed by atoms with van der Waals surface area (Å²) in [6, 6.07) is 4.23. The van der Waals surface area contributed by atoms with Crippen molar-refractivity contribution in [2.45, 2.75) is 18.9 Å². The molecule has 2 aliphatic heterocycles. The number of hydrogen-bond acceptors (Lipinski definition) is 4. The number of carbonyl (C=O) groups is 1. The van der Waals surface area contributed by atoms with Crippen LogP contribution in [0.2, 0.25) is 0 Å². The topological polar surface area (TPSA) is 36.7 Å². The van der Waals surface area contributed by atoms with Gasteiger partial charge in [0, 0.05) is 38.0 Å². The van der Waals surface area contributed by atoms with Crippen LogP contribution in [-0.2, 0) is 0 Å². The van der Waals surface area contributed by atoms with Crippen LogP contribution in [-0.4, -0.2) is 59.4 Å². The maximum absolute atomic E-state index is 12.4. The van der Waals surface area contributed by atoms with E-state index in [2.05, 4.69) is 20.8 Å². The number of nitrogens with zero attached hydrogens (tertiary/aromatic N) is 2. The van der Waals surface area contributed by atoms with Gasteiger partial charge in [-0.25, -0.2) is 0 Å². The van der Waals surface area contributed by atoms with Crippen LogP contribution in [0.5, 0.6) is 0 Å². The predicted molar refractivity (Wildman–Crippen MR) is 84.2 cm³/mol. The van der Waals surface area contributed by atoms with Crippen molar-refractivity contribution in [2.75, 3.05) is 37.7 Å². The minimum absolute atomic E-state index is 0.0124. The smallest absolute Gasteiger partial charge is 0.289 e. The molecule has 0 bridgehead atoms. The second-order valence-electron chi connectivity index (χ2n) is 5.30. The molecule has 1 amide bonds. The second kappa shape index (κ2) is 6.54. The average Bonchev–Trinajstić information content (AvgIpc) is 3.05. The van der Waals surface area contributed by atoms with E-state index < -0.39 is 0 Å². The minimum Gasteiger partial charge on any atom is -0.444 e. The molecule has 110 valence electrons. The molecule has 0 spiro atoms. The van der Waals surface area contributed by atoms with Crippen LogP contribution in [0.4, 0.5) is 0 Å². The quantitative estimate of drug-likeness (QED) is 0.814. The predicted octanol–water partition coefficient (Wildman–Crippen LogP) is 2.70. The summed E-state index contributed by atoms with van der Waals surface area (Å²) in [6.07, 6.45) is 2.35. The Labute approximate surface area is 132 Å². The molecule has 2 aliphatic rings. The van der Waals surface area contributed by atoms with Crippen LogP contribution in [0.25, 0.3) is 0 Å². The second-order valence-corrected chi connectivity index (χ2v) is 7.23. The summed E-state index contributed by atoms with van der Waals surface area (Å²) in [7, 11) is 0. The molecule has 2 saturated heterocycles. The van der Waals surface area contributed by atoms with Crippen LogP contribution >= 0.6 is 27.7 Å². The zero-order chi connectivity index (χ0) is 13.9. The highest BCUT2D eigenvalue weighted by Gasteiger charge is 2.27. The molecule has 0 aliphatic carbocycles. The summed E-state index contributed by atoms with van der Waals surface area (Å²) in [4.78, 5) is 16.9. The van der Waals surface area contributed by atoms with Crippen LogP contribution in [0, 0.1) is 0 Å². The molecule has 0 saturated carbocycles. The Morgan fingerprint density at radius 1 is 1.30 bits per heavy atom. The number of rotatable bonds is 2. The molecular formula is C14H19BrN2O2S. The average molecular weight is 359 g/mol. The summed E-state index contributed by atoms with van der Waals surface area (Å²) in [5.74, 6) is 2.98. The first-order chi connectivity index (χ1) is 9.74. The van der Waals surface area contributed by atoms with Gasteiger partial charge in [-0.1, -0.05) is 0 Å². The van der Waals surface area contributed by atoms with Gasteiger partial charge in [-0.3, -0.25) is 9.69 Å². The van der Waals surface area contributed by atoms with Crippen LogP contribution in [0.1, 0.15) is 23.4 Å². The molecule has 0 radical (unpaired) electrons. The first kappa shape index (κ1) is 14.5. The molecule has 1 aromatic heterocycles. The van der Waals surface area contributed by atoms with Gasteiger partial charge in [0.05, 0.1) is 0 Å². The lowest BCUT2D eigenvalue weighted by Crippen LogP contribution is -2.39. The van der Waals surface area contributed by atoms with Gasteiger partial charge in [0.2, 0.25) is 0 Å². The Morgan fingerprint density at radius 2 is 2.20 bits per heavy atom. The Kier molecular flexibility index (Phi) is 4.73. The van der Waals surface area contributed by atoms with Crippen LogP contribution < -0.4 is 0 Å². The van der Waals surface area contributed by atoms with Crippen LogP contribution in [0.3, 0.4) is 0 Å². The third-order valence-electron chi connectivity index (χ3n) is 4.02. The summed E-state index contributed by atoms with van der Waals surface area (Å²) in [5, 5.41) is 0. The Bertz CT molecular complexity index is 473. The number of halogens is 1. The summed E-state index contributed by atoms with van der Waals surface area (Å²) in [5.41, 5.74) is 0. The molecule has 3 heterocycles. The molecule has 3 rings (SSSR count). The van der Waals surface area contributed by atoms with Gasteiger partial charge >= 0.3 is 0 Å². The molecule has 1 aromatic rings. The van der Waals surface area contributed by atoms with E-state index in [-0.39, 0.29) is 5.91 Å². The first-order valence-corrected chi connectivity index (χ1v) is 9.05. The van der Waals surface area contributed by atoms with Crippen molar-refractivity contribution < 1.29 is 9.21 Å². The monoisotopic (exact) mass is 358 g/mol. The van der Waals surface area contributed by atoms with E-state index in [1.54, 1.807) is 12.1 Å². The normalized spacial score (nSPS) is 24.9. The summed E-state index contributed by atoms with van der Waals surface area (Å²) >= 11 is 5.29. The van der Waals surface area contributed by atoms with Crippen molar-refractivity contribution in [3.63, 3.8) is 0 Å². The van der Waals surface area contributed by atoms with E-state index in [1.807, 2.05) is 16.7 Å². The molecule has 6 heteroatoms. The molecular weight excluding hydrogens is 340 g/mol. The fourth-order valence-corrected chi connectivity index (χ4v) is 4.46. The van der Waals surface area contributed by atoms with Crippen molar-refractivity contribution in [1.29, 1.82) is 0 Å². The number of thioether (sulfide) groups is 1. The lowest BCUT2D eigenvalue weighted by molar-refractivity contribution is 0.0725. The zero-order valence-electron chi connectivity index (χ0n) is 11.4. The zero-order valence-corrected chi connectivity index (χ0v) is 13.8. The fourth-order valence-electron chi connectivity index (χ4n) is 2.90. The maximum Gasteiger partial charge on any atom is 0.289 e. The number of carbonyl (C=O) groups excluding carboxylic acids is 1. The van der Waals surface area contributed by atoms with Gasteiger partial charge in [-0.05, 0) is 46.7 Å². The van der Waals surface area contributed by atoms with Gasteiger partial charge in [0.15, 0.2) is 10.4 Å². The fraction of sp³-hybridized carbons (Fsp3) is 0.643. The Hall–Kier alpha value is -0.460. The van der Waals surface area contributed by atoms with Crippen molar-refractivity contribution in [3.8, 4) is 0 Å². The van der Waals surface area contributed by atoms with Gasteiger partial charge in [-0.2, -0.15) is 11.8 Å². The van der Waals surface area contributed by atoms with E-state index in [0.29, 0.717) is 16.5 Å². The molecule has 0 N–H and O–H groups in total. The van der Waals surface area contributed by atoms with E-state index in [0.717, 1.165) is 32.6 Å². The molecule has 4 nitrogen and oxygen atoms in total. The van der Waals surface area contributed by atoms with Gasteiger partial charge in [0.25, 0.3) is 5.91 Å². The molecule has 20 heavy (non-hydrogen) atoms. The van der Waals surface area contributed by atoms with Crippen molar-refractivity contribution >= 4 is 33.6 Å². The van der Waals surface area contributed by atoms with Gasteiger partial charge in [0.1, 0.15) is 0 Å². The van der Waals surface area contributed by atoms with Crippen molar-refractivity contribution in [1.82, 2.24) is 9.80 Å². The van der Waals surface area contributed by atoms with E-state index in [1.165, 1.54) is 17.9 Å². The summed E-state index contributed by atoms with van der Waals surface area (Å²) in [6.45, 7) is 3.72. The van der Waals surface area contributed by atoms with E-state index >= 15 is 0 Å². The van der Waals surface area contributed by atoms with Crippen molar-refractivity contribution in [3.05, 3.63) is 22.6 Å².